The summed E-state index contributed by atoms with van der Waals surface area (Å²) in [5, 5.41) is 3.88. The zero-order chi connectivity index (χ0) is 14.8. The smallest absolute Gasteiger partial charge is 0.251 e. The summed E-state index contributed by atoms with van der Waals surface area (Å²) < 4.78 is 0. The van der Waals surface area contributed by atoms with Gasteiger partial charge in [0.05, 0.1) is 10.0 Å². The molecule has 1 N–H and O–H groups in total. The first kappa shape index (κ1) is 16.3. The molecule has 0 aliphatic rings. The normalized spacial score (nSPS) is 12.4. The second-order valence-electron chi connectivity index (χ2n) is 6.70. The van der Waals surface area contributed by atoms with Gasteiger partial charge in [0, 0.05) is 11.1 Å². The lowest BCUT2D eigenvalue weighted by Gasteiger charge is -2.33. The molecule has 1 aromatic rings. The molecule has 19 heavy (non-hydrogen) atoms. The zero-order valence-corrected chi connectivity index (χ0v) is 13.6. The molecular formula is C15H21Cl2NO. The molecule has 0 bridgehead atoms. The Morgan fingerprint density at radius 3 is 2.16 bits per heavy atom. The highest BCUT2D eigenvalue weighted by Crippen LogP contribution is 2.27. The monoisotopic (exact) mass is 301 g/mol. The number of halogens is 2. The van der Waals surface area contributed by atoms with Crippen LogP contribution in [0.5, 0.6) is 0 Å². The van der Waals surface area contributed by atoms with E-state index >= 15 is 0 Å². The van der Waals surface area contributed by atoms with Crippen molar-refractivity contribution < 1.29 is 4.79 Å². The Labute approximate surface area is 125 Å². The second-order valence-corrected chi connectivity index (χ2v) is 7.52. The first-order chi connectivity index (χ1) is 8.50. The van der Waals surface area contributed by atoms with E-state index in [9.17, 15) is 4.79 Å². The lowest BCUT2D eigenvalue weighted by Crippen LogP contribution is -2.45. The van der Waals surface area contributed by atoms with Gasteiger partial charge < -0.3 is 5.32 Å². The van der Waals surface area contributed by atoms with Gasteiger partial charge in [0.25, 0.3) is 5.91 Å². The third kappa shape index (κ3) is 5.42. The summed E-state index contributed by atoms with van der Waals surface area (Å²) in [6.07, 6.45) is 0.882. The second kappa shape index (κ2) is 5.72. The molecule has 1 amide bonds. The summed E-state index contributed by atoms with van der Waals surface area (Å²) in [5.74, 6) is -0.132. The van der Waals surface area contributed by atoms with E-state index in [1.165, 1.54) is 0 Å². The van der Waals surface area contributed by atoms with Gasteiger partial charge in [0.1, 0.15) is 0 Å². The van der Waals surface area contributed by atoms with Crippen LogP contribution in [0.3, 0.4) is 0 Å². The summed E-state index contributed by atoms with van der Waals surface area (Å²) in [6, 6.07) is 4.90. The number of hydrogen-bond donors (Lipinski definition) is 1. The van der Waals surface area contributed by atoms with Crippen LogP contribution in [0, 0.1) is 5.41 Å². The maximum absolute atomic E-state index is 12.2. The van der Waals surface area contributed by atoms with Crippen molar-refractivity contribution in [3.05, 3.63) is 33.8 Å². The van der Waals surface area contributed by atoms with Gasteiger partial charge in [-0.05, 0) is 43.9 Å². The Hall–Kier alpha value is -0.730. The third-order valence-corrected chi connectivity index (χ3v) is 3.35. The van der Waals surface area contributed by atoms with Crippen LogP contribution < -0.4 is 5.32 Å². The quantitative estimate of drug-likeness (QED) is 0.842. The van der Waals surface area contributed by atoms with E-state index < -0.39 is 0 Å². The van der Waals surface area contributed by atoms with Gasteiger partial charge in [-0.1, -0.05) is 44.0 Å². The van der Waals surface area contributed by atoms with E-state index in [1.54, 1.807) is 18.2 Å². The van der Waals surface area contributed by atoms with Crippen LogP contribution in [0.15, 0.2) is 18.2 Å². The van der Waals surface area contributed by atoms with Gasteiger partial charge >= 0.3 is 0 Å². The maximum atomic E-state index is 12.2. The molecule has 0 aromatic heterocycles. The SMILES string of the molecule is CC(C)(C)CC(C)(C)NC(=O)c1ccc(Cl)c(Cl)c1. The fraction of sp³-hybridized carbons (Fsp3) is 0.533. The van der Waals surface area contributed by atoms with Gasteiger partial charge in [0.15, 0.2) is 0 Å². The number of carbonyl (C=O) groups excluding carboxylic acids is 1. The lowest BCUT2D eigenvalue weighted by molar-refractivity contribution is 0.0891. The standard InChI is InChI=1S/C15H21Cl2NO/c1-14(2,3)9-15(4,5)18-13(19)10-6-7-11(16)12(17)8-10/h6-8H,9H2,1-5H3,(H,18,19). The summed E-state index contributed by atoms with van der Waals surface area (Å²) in [4.78, 5) is 12.2. The Morgan fingerprint density at radius 2 is 1.68 bits per heavy atom. The molecule has 1 aromatic carbocycles. The number of hydrogen-bond acceptors (Lipinski definition) is 1. The maximum Gasteiger partial charge on any atom is 0.251 e. The van der Waals surface area contributed by atoms with E-state index in [2.05, 4.69) is 26.1 Å². The predicted octanol–water partition coefficient (Wildman–Crippen LogP) is 4.94. The predicted molar refractivity (Wildman–Crippen MR) is 82.1 cm³/mol. The van der Waals surface area contributed by atoms with Crippen molar-refractivity contribution in [3.63, 3.8) is 0 Å². The highest BCUT2D eigenvalue weighted by molar-refractivity contribution is 6.42. The molecule has 106 valence electrons. The number of amides is 1. The van der Waals surface area contributed by atoms with Gasteiger partial charge in [-0.15, -0.1) is 0 Å². The molecule has 0 spiro atoms. The molecule has 0 fully saturated rings. The van der Waals surface area contributed by atoms with Crippen molar-refractivity contribution in [2.75, 3.05) is 0 Å². The fourth-order valence-corrected chi connectivity index (χ4v) is 2.68. The molecule has 0 saturated heterocycles. The number of nitrogens with one attached hydrogen (secondary N) is 1. The van der Waals surface area contributed by atoms with Crippen molar-refractivity contribution in [2.45, 2.75) is 46.6 Å². The highest BCUT2D eigenvalue weighted by atomic mass is 35.5. The first-order valence-electron chi connectivity index (χ1n) is 6.28. The number of carbonyl (C=O) groups is 1. The topological polar surface area (TPSA) is 29.1 Å². The summed E-state index contributed by atoms with van der Waals surface area (Å²) in [6.45, 7) is 10.5. The van der Waals surface area contributed by atoms with Crippen molar-refractivity contribution in [3.8, 4) is 0 Å². The molecule has 0 aliphatic carbocycles. The molecule has 0 aliphatic heterocycles. The molecule has 0 atom stereocenters. The van der Waals surface area contributed by atoms with Gasteiger partial charge in [-0.25, -0.2) is 0 Å². The molecule has 1 rings (SSSR count). The van der Waals surface area contributed by atoms with E-state index in [1.807, 2.05) is 13.8 Å². The van der Waals surface area contributed by atoms with Gasteiger partial charge in [-0.2, -0.15) is 0 Å². The Balaban J connectivity index is 2.81. The van der Waals surface area contributed by atoms with Crippen molar-refractivity contribution in [1.29, 1.82) is 0 Å². The number of benzene rings is 1. The van der Waals surface area contributed by atoms with E-state index in [0.29, 0.717) is 15.6 Å². The number of rotatable bonds is 3. The van der Waals surface area contributed by atoms with Crippen LogP contribution >= 0.6 is 23.2 Å². The van der Waals surface area contributed by atoms with Crippen molar-refractivity contribution >= 4 is 29.1 Å². The Morgan fingerprint density at radius 1 is 1.11 bits per heavy atom. The van der Waals surface area contributed by atoms with Crippen molar-refractivity contribution in [1.82, 2.24) is 5.32 Å². The van der Waals surface area contributed by atoms with Crippen molar-refractivity contribution in [2.24, 2.45) is 5.41 Å². The fourth-order valence-electron chi connectivity index (χ4n) is 2.39. The molecule has 0 radical (unpaired) electrons. The minimum atomic E-state index is -0.276. The highest BCUT2D eigenvalue weighted by Gasteiger charge is 2.27. The first-order valence-corrected chi connectivity index (χ1v) is 7.03. The van der Waals surface area contributed by atoms with Crippen LogP contribution in [0.2, 0.25) is 10.0 Å². The van der Waals surface area contributed by atoms with Gasteiger partial charge in [-0.3, -0.25) is 4.79 Å². The molecule has 4 heteroatoms. The van der Waals surface area contributed by atoms with E-state index in [4.69, 9.17) is 23.2 Å². The van der Waals surface area contributed by atoms with E-state index in [-0.39, 0.29) is 16.9 Å². The van der Waals surface area contributed by atoms with Crippen LogP contribution in [0.1, 0.15) is 51.4 Å². The minimum Gasteiger partial charge on any atom is -0.347 e. The zero-order valence-electron chi connectivity index (χ0n) is 12.1. The molecule has 0 unspecified atom stereocenters. The van der Waals surface area contributed by atoms with Crippen LogP contribution in [-0.4, -0.2) is 11.4 Å². The lowest BCUT2D eigenvalue weighted by atomic mass is 9.81. The van der Waals surface area contributed by atoms with Crippen LogP contribution in [0.25, 0.3) is 0 Å². The largest absolute Gasteiger partial charge is 0.347 e. The average Bonchev–Trinajstić information content (AvgIpc) is 2.17. The van der Waals surface area contributed by atoms with Crippen LogP contribution in [-0.2, 0) is 0 Å². The molecular weight excluding hydrogens is 281 g/mol. The Bertz CT molecular complexity index is 476. The summed E-state index contributed by atoms with van der Waals surface area (Å²) in [7, 11) is 0. The van der Waals surface area contributed by atoms with Crippen LogP contribution in [0.4, 0.5) is 0 Å². The minimum absolute atomic E-state index is 0.132. The average molecular weight is 302 g/mol. The van der Waals surface area contributed by atoms with E-state index in [0.717, 1.165) is 6.42 Å². The third-order valence-electron chi connectivity index (χ3n) is 2.61. The molecule has 0 heterocycles. The molecule has 0 saturated carbocycles. The van der Waals surface area contributed by atoms with Gasteiger partial charge in [0.2, 0.25) is 0 Å². The molecule has 2 nitrogen and oxygen atoms in total. The Kier molecular flexibility index (Phi) is 4.91. The summed E-state index contributed by atoms with van der Waals surface area (Å²) >= 11 is 11.8. The summed E-state index contributed by atoms with van der Waals surface area (Å²) in [5.41, 5.74) is 0.395.